The van der Waals surface area contributed by atoms with Gasteiger partial charge in [-0.1, -0.05) is 12.1 Å². The summed E-state index contributed by atoms with van der Waals surface area (Å²) < 4.78 is 13.3. The predicted octanol–water partition coefficient (Wildman–Crippen LogP) is 4.82. The molecule has 0 amide bonds. The number of fused-ring (bicyclic) bond motifs is 1. The molecule has 0 aliphatic rings. The van der Waals surface area contributed by atoms with E-state index in [1.165, 1.54) is 0 Å². The van der Waals surface area contributed by atoms with Crippen LogP contribution in [0.2, 0.25) is 0 Å². The van der Waals surface area contributed by atoms with Gasteiger partial charge in [-0.15, -0.1) is 0 Å². The van der Waals surface area contributed by atoms with Crippen LogP contribution in [0.15, 0.2) is 72.8 Å². The fourth-order valence-electron chi connectivity index (χ4n) is 3.13. The molecule has 140 valence electrons. The first-order valence-corrected chi connectivity index (χ1v) is 9.00. The van der Waals surface area contributed by atoms with Crippen molar-refractivity contribution < 1.29 is 14.3 Å². The summed E-state index contributed by atoms with van der Waals surface area (Å²) in [7, 11) is 1.65. The maximum absolute atomic E-state index is 11.4. The van der Waals surface area contributed by atoms with Crippen LogP contribution in [0.3, 0.4) is 0 Å². The molecule has 0 aliphatic carbocycles. The van der Waals surface area contributed by atoms with Gasteiger partial charge in [0, 0.05) is 11.3 Å². The van der Waals surface area contributed by atoms with Crippen LogP contribution < -0.4 is 9.47 Å². The van der Waals surface area contributed by atoms with Crippen LogP contribution >= 0.6 is 0 Å². The number of aromatic nitrogens is 2. The molecule has 0 spiro atoms. The zero-order chi connectivity index (χ0) is 19.5. The van der Waals surface area contributed by atoms with Gasteiger partial charge in [0.15, 0.2) is 11.6 Å². The summed E-state index contributed by atoms with van der Waals surface area (Å²) in [5.41, 5.74) is 3.57. The first-order valence-electron chi connectivity index (χ1n) is 9.00. The Morgan fingerprint density at radius 1 is 0.929 bits per heavy atom. The van der Waals surface area contributed by atoms with Crippen molar-refractivity contribution in [2.45, 2.75) is 13.5 Å². The van der Waals surface area contributed by atoms with Crippen LogP contribution in [0, 0.1) is 0 Å². The molecule has 0 aliphatic heterocycles. The molecule has 4 aromatic rings. The number of carbonyl (C=O) groups is 1. The first kappa shape index (κ1) is 17.8. The normalized spacial score (nSPS) is 10.8. The minimum atomic E-state index is 0.0350. The zero-order valence-electron chi connectivity index (χ0n) is 15.8. The highest BCUT2D eigenvalue weighted by molar-refractivity contribution is 5.94. The molecule has 0 saturated heterocycles. The molecule has 1 aromatic heterocycles. The van der Waals surface area contributed by atoms with E-state index in [1.54, 1.807) is 38.3 Å². The second kappa shape index (κ2) is 7.56. The molecule has 3 aromatic carbocycles. The fourth-order valence-corrected chi connectivity index (χ4v) is 3.13. The van der Waals surface area contributed by atoms with Gasteiger partial charge in [-0.3, -0.25) is 9.36 Å². The van der Waals surface area contributed by atoms with E-state index >= 15 is 0 Å². The lowest BCUT2D eigenvalue weighted by Crippen LogP contribution is -2.06. The Morgan fingerprint density at radius 3 is 2.29 bits per heavy atom. The number of hydrogen-bond donors (Lipinski definition) is 0. The van der Waals surface area contributed by atoms with Crippen LogP contribution in [0.4, 0.5) is 0 Å². The number of hydrogen-bond acceptors (Lipinski definition) is 4. The van der Waals surface area contributed by atoms with Crippen molar-refractivity contribution in [1.82, 2.24) is 9.55 Å². The molecule has 4 rings (SSSR count). The zero-order valence-corrected chi connectivity index (χ0v) is 15.8. The minimum absolute atomic E-state index is 0.0350. The van der Waals surface area contributed by atoms with Crippen LogP contribution in [0.25, 0.3) is 16.7 Å². The van der Waals surface area contributed by atoms with Crippen LogP contribution in [-0.2, 0) is 6.61 Å². The quantitative estimate of drug-likeness (QED) is 0.456. The summed E-state index contributed by atoms with van der Waals surface area (Å²) in [5.74, 6) is 2.32. The van der Waals surface area contributed by atoms with Crippen molar-refractivity contribution >= 4 is 16.8 Å². The summed E-state index contributed by atoms with van der Waals surface area (Å²) >= 11 is 0. The van der Waals surface area contributed by atoms with E-state index in [4.69, 9.17) is 14.5 Å². The van der Waals surface area contributed by atoms with Crippen molar-refractivity contribution in [3.63, 3.8) is 0 Å². The molecule has 0 saturated carbocycles. The number of ether oxygens (including phenoxy) is 2. The van der Waals surface area contributed by atoms with Crippen LogP contribution in [-0.4, -0.2) is 22.4 Å². The average Bonchev–Trinajstić information content (AvgIpc) is 3.11. The second-order valence-corrected chi connectivity index (χ2v) is 6.42. The first-order chi connectivity index (χ1) is 13.7. The molecule has 28 heavy (non-hydrogen) atoms. The van der Waals surface area contributed by atoms with Gasteiger partial charge < -0.3 is 9.47 Å². The molecule has 0 unspecified atom stereocenters. The summed E-state index contributed by atoms with van der Waals surface area (Å²) in [4.78, 5) is 16.2. The largest absolute Gasteiger partial charge is 0.497 e. The third-order valence-electron chi connectivity index (χ3n) is 4.59. The average molecular weight is 372 g/mol. The molecular formula is C23H20N2O3. The lowest BCUT2D eigenvalue weighted by molar-refractivity contribution is 0.101. The monoisotopic (exact) mass is 372 g/mol. The minimum Gasteiger partial charge on any atom is -0.497 e. The maximum atomic E-state index is 11.4. The SMILES string of the molecule is COc1ccc(-n2c(COc3ccc(C(C)=O)cc3)nc3ccccc32)cc1. The predicted molar refractivity (Wildman–Crippen MR) is 108 cm³/mol. The number of imidazole rings is 1. The molecule has 0 atom stereocenters. The maximum Gasteiger partial charge on any atom is 0.159 e. The molecule has 5 heteroatoms. The number of nitrogens with zero attached hydrogens (tertiary/aromatic N) is 2. The highest BCUT2D eigenvalue weighted by Gasteiger charge is 2.13. The Hall–Kier alpha value is -3.60. The molecule has 0 bridgehead atoms. The van der Waals surface area contributed by atoms with Crippen molar-refractivity contribution in [1.29, 1.82) is 0 Å². The van der Waals surface area contributed by atoms with E-state index in [1.807, 2.05) is 48.5 Å². The van der Waals surface area contributed by atoms with Crippen molar-refractivity contribution in [2.75, 3.05) is 7.11 Å². The fraction of sp³-hybridized carbons (Fsp3) is 0.130. The van der Waals surface area contributed by atoms with E-state index in [0.717, 1.165) is 28.3 Å². The Balaban J connectivity index is 1.67. The Bertz CT molecular complexity index is 1110. The number of ketones is 1. The highest BCUT2D eigenvalue weighted by atomic mass is 16.5. The van der Waals surface area contributed by atoms with Gasteiger partial charge in [0.2, 0.25) is 0 Å². The summed E-state index contributed by atoms with van der Waals surface area (Å²) in [5, 5.41) is 0. The van der Waals surface area contributed by atoms with Gasteiger partial charge >= 0.3 is 0 Å². The topological polar surface area (TPSA) is 53.4 Å². The summed E-state index contributed by atoms with van der Waals surface area (Å²) in [6, 6.07) is 23.0. The highest BCUT2D eigenvalue weighted by Crippen LogP contribution is 2.24. The van der Waals surface area contributed by atoms with Gasteiger partial charge in [-0.25, -0.2) is 4.98 Å². The number of methoxy groups -OCH3 is 1. The van der Waals surface area contributed by atoms with Crippen LogP contribution in [0.5, 0.6) is 11.5 Å². The molecule has 0 radical (unpaired) electrons. The molecular weight excluding hydrogens is 352 g/mol. The number of Topliss-reactive ketones (excluding diaryl/α,β-unsaturated/α-hetero) is 1. The molecule has 0 N–H and O–H groups in total. The van der Waals surface area contributed by atoms with Gasteiger partial charge in [-0.05, 0) is 67.6 Å². The standard InChI is InChI=1S/C23H20N2O3/c1-16(26)17-7-11-20(12-8-17)28-15-23-24-21-5-3-4-6-22(21)25(23)18-9-13-19(27-2)14-10-18/h3-14H,15H2,1-2H3. The second-order valence-electron chi connectivity index (χ2n) is 6.42. The van der Waals surface area contributed by atoms with Crippen molar-refractivity contribution in [3.05, 3.63) is 84.2 Å². The smallest absolute Gasteiger partial charge is 0.159 e. The van der Waals surface area contributed by atoms with Gasteiger partial charge in [0.1, 0.15) is 18.1 Å². The lowest BCUT2D eigenvalue weighted by atomic mass is 10.1. The third-order valence-corrected chi connectivity index (χ3v) is 4.59. The van der Waals surface area contributed by atoms with E-state index < -0.39 is 0 Å². The van der Waals surface area contributed by atoms with E-state index in [-0.39, 0.29) is 5.78 Å². The molecule has 0 fully saturated rings. The van der Waals surface area contributed by atoms with E-state index in [0.29, 0.717) is 17.9 Å². The Morgan fingerprint density at radius 2 is 1.61 bits per heavy atom. The molecule has 5 nitrogen and oxygen atoms in total. The van der Waals surface area contributed by atoms with E-state index in [2.05, 4.69) is 4.57 Å². The number of para-hydroxylation sites is 2. The van der Waals surface area contributed by atoms with E-state index in [9.17, 15) is 4.79 Å². The number of rotatable bonds is 6. The Labute approximate surface area is 163 Å². The lowest BCUT2D eigenvalue weighted by Gasteiger charge is -2.11. The molecule has 1 heterocycles. The van der Waals surface area contributed by atoms with Gasteiger partial charge in [0.25, 0.3) is 0 Å². The summed E-state index contributed by atoms with van der Waals surface area (Å²) in [6.45, 7) is 1.85. The van der Waals surface area contributed by atoms with Gasteiger partial charge in [-0.2, -0.15) is 0 Å². The van der Waals surface area contributed by atoms with Crippen molar-refractivity contribution in [3.8, 4) is 17.2 Å². The third kappa shape index (κ3) is 3.47. The number of carbonyl (C=O) groups excluding carboxylic acids is 1. The van der Waals surface area contributed by atoms with Gasteiger partial charge in [0.05, 0.1) is 18.1 Å². The summed E-state index contributed by atoms with van der Waals surface area (Å²) in [6.07, 6.45) is 0. The Kier molecular flexibility index (Phi) is 4.81. The van der Waals surface area contributed by atoms with Crippen LogP contribution in [0.1, 0.15) is 23.1 Å². The van der Waals surface area contributed by atoms with Crippen molar-refractivity contribution in [2.24, 2.45) is 0 Å². The number of benzene rings is 3.